The maximum absolute atomic E-state index is 11.1. The normalized spacial score (nSPS) is 19.1. The number of carbonyl (C=O) groups is 1. The second-order valence-corrected chi connectivity index (χ2v) is 6.78. The van der Waals surface area contributed by atoms with Crippen LogP contribution in [0.3, 0.4) is 0 Å². The molecule has 136 valence electrons. The Morgan fingerprint density at radius 2 is 1.93 bits per heavy atom. The molecule has 1 aliphatic rings. The van der Waals surface area contributed by atoms with Crippen molar-refractivity contribution in [2.24, 2.45) is 0 Å². The second-order valence-electron chi connectivity index (χ2n) is 6.39. The van der Waals surface area contributed by atoms with E-state index in [9.17, 15) is 4.79 Å². The van der Waals surface area contributed by atoms with E-state index < -0.39 is 5.97 Å². The summed E-state index contributed by atoms with van der Waals surface area (Å²) < 4.78 is 2.05. The fraction of sp³-hybridized carbons (Fsp3) is 0.150. The van der Waals surface area contributed by atoms with Crippen LogP contribution >= 0.6 is 12.2 Å². The fourth-order valence-electron chi connectivity index (χ4n) is 3.46. The number of carboxylic acid groups (broad SMARTS) is 1. The van der Waals surface area contributed by atoms with Crippen molar-refractivity contribution in [3.05, 3.63) is 83.9 Å². The van der Waals surface area contributed by atoms with Crippen molar-refractivity contribution >= 4 is 23.3 Å². The van der Waals surface area contributed by atoms with Gasteiger partial charge >= 0.3 is 5.97 Å². The number of thiocarbonyl (C=S) groups is 1. The SMILES string of the molecule is CN1C(=S)N[C@H](c2ccccn2)[C@H]1c1cccn1-c1ccc(C(=O)O)cc1. The average molecular weight is 378 g/mol. The predicted octanol–water partition coefficient (Wildman–Crippen LogP) is 3.17. The highest BCUT2D eigenvalue weighted by molar-refractivity contribution is 7.80. The van der Waals surface area contributed by atoms with Gasteiger partial charge in [-0.3, -0.25) is 4.98 Å². The molecule has 2 atom stereocenters. The summed E-state index contributed by atoms with van der Waals surface area (Å²) in [5.74, 6) is -0.936. The van der Waals surface area contributed by atoms with Crippen LogP contribution in [0.25, 0.3) is 5.69 Å². The van der Waals surface area contributed by atoms with E-state index in [2.05, 4.69) is 20.9 Å². The van der Waals surface area contributed by atoms with Gasteiger partial charge in [0.05, 0.1) is 23.3 Å². The van der Waals surface area contributed by atoms with Gasteiger partial charge in [0, 0.05) is 30.8 Å². The molecule has 27 heavy (non-hydrogen) atoms. The first-order valence-electron chi connectivity index (χ1n) is 8.51. The molecule has 2 N–H and O–H groups in total. The lowest BCUT2D eigenvalue weighted by molar-refractivity contribution is 0.0697. The van der Waals surface area contributed by atoms with Crippen LogP contribution in [0.15, 0.2) is 67.0 Å². The van der Waals surface area contributed by atoms with Crippen molar-refractivity contribution in [3.63, 3.8) is 0 Å². The molecule has 0 aliphatic carbocycles. The number of hydrogen-bond acceptors (Lipinski definition) is 3. The van der Waals surface area contributed by atoms with E-state index in [1.807, 2.05) is 54.5 Å². The topological polar surface area (TPSA) is 70.4 Å². The summed E-state index contributed by atoms with van der Waals surface area (Å²) in [5.41, 5.74) is 3.12. The third kappa shape index (κ3) is 3.06. The Balaban J connectivity index is 1.75. The van der Waals surface area contributed by atoms with Gasteiger partial charge in [0.1, 0.15) is 0 Å². The van der Waals surface area contributed by atoms with Crippen LogP contribution in [0.1, 0.15) is 33.8 Å². The molecule has 4 rings (SSSR count). The molecule has 1 aromatic carbocycles. The standard InChI is InChI=1S/C20H18N4O2S/c1-23-18(17(22-20(23)27)15-5-2-3-11-21-15)16-6-4-12-24(16)14-9-7-13(8-10-14)19(25)26/h2-12,17-18H,1H3,(H,22,27)(H,25,26)/t17-,18-/m1/s1. The van der Waals surface area contributed by atoms with Crippen molar-refractivity contribution in [2.45, 2.75) is 12.1 Å². The number of rotatable bonds is 4. The number of benzene rings is 1. The van der Waals surface area contributed by atoms with E-state index >= 15 is 0 Å². The molecule has 7 heteroatoms. The highest BCUT2D eigenvalue weighted by atomic mass is 32.1. The Labute approximate surface area is 162 Å². The third-order valence-electron chi connectivity index (χ3n) is 4.81. The molecule has 1 saturated heterocycles. The number of aromatic carboxylic acids is 1. The van der Waals surface area contributed by atoms with Crippen LogP contribution in [-0.4, -0.2) is 37.7 Å². The number of nitrogens with one attached hydrogen (secondary N) is 1. The summed E-state index contributed by atoms with van der Waals surface area (Å²) in [4.78, 5) is 17.6. The molecule has 0 saturated carbocycles. The van der Waals surface area contributed by atoms with Crippen LogP contribution in [0.2, 0.25) is 0 Å². The minimum atomic E-state index is -0.936. The average Bonchev–Trinajstić information content (AvgIpc) is 3.27. The van der Waals surface area contributed by atoms with E-state index in [1.165, 1.54) is 0 Å². The van der Waals surface area contributed by atoms with Gasteiger partial charge < -0.3 is 19.9 Å². The summed E-state index contributed by atoms with van der Waals surface area (Å²) in [5, 5.41) is 13.2. The zero-order valence-corrected chi connectivity index (χ0v) is 15.4. The summed E-state index contributed by atoms with van der Waals surface area (Å²) in [6.45, 7) is 0. The van der Waals surface area contributed by atoms with E-state index in [1.54, 1.807) is 18.3 Å². The molecule has 0 bridgehead atoms. The Bertz CT molecular complexity index is 985. The lowest BCUT2D eigenvalue weighted by atomic mass is 10.0. The highest BCUT2D eigenvalue weighted by Crippen LogP contribution is 2.38. The zero-order valence-electron chi connectivity index (χ0n) is 14.6. The molecule has 6 nitrogen and oxygen atoms in total. The first-order chi connectivity index (χ1) is 13.1. The van der Waals surface area contributed by atoms with E-state index in [4.69, 9.17) is 17.3 Å². The first-order valence-corrected chi connectivity index (χ1v) is 8.92. The molecule has 1 aliphatic heterocycles. The van der Waals surface area contributed by atoms with Crippen molar-refractivity contribution in [2.75, 3.05) is 7.05 Å². The largest absolute Gasteiger partial charge is 0.478 e. The Morgan fingerprint density at radius 3 is 2.59 bits per heavy atom. The van der Waals surface area contributed by atoms with Crippen LogP contribution < -0.4 is 5.32 Å². The van der Waals surface area contributed by atoms with Crippen molar-refractivity contribution in [1.82, 2.24) is 19.8 Å². The van der Waals surface area contributed by atoms with Crippen LogP contribution in [-0.2, 0) is 0 Å². The van der Waals surface area contributed by atoms with E-state index in [-0.39, 0.29) is 17.6 Å². The molecule has 2 aromatic heterocycles. The van der Waals surface area contributed by atoms with Crippen molar-refractivity contribution < 1.29 is 9.90 Å². The van der Waals surface area contributed by atoms with Gasteiger partial charge in [0.25, 0.3) is 0 Å². The van der Waals surface area contributed by atoms with Crippen molar-refractivity contribution in [1.29, 1.82) is 0 Å². The summed E-state index contributed by atoms with van der Waals surface area (Å²) in [6, 6.07) is 16.6. The number of hydrogen-bond donors (Lipinski definition) is 2. The lowest BCUT2D eigenvalue weighted by Gasteiger charge is -2.25. The van der Waals surface area contributed by atoms with Gasteiger partial charge in [-0.15, -0.1) is 0 Å². The van der Waals surface area contributed by atoms with Gasteiger partial charge in [-0.1, -0.05) is 6.07 Å². The number of likely N-dealkylation sites (N-methyl/N-ethyl adjacent to an activating group) is 1. The number of aromatic nitrogens is 2. The van der Waals surface area contributed by atoms with Gasteiger partial charge in [-0.05, 0) is 60.7 Å². The predicted molar refractivity (Wildman–Crippen MR) is 106 cm³/mol. The van der Waals surface area contributed by atoms with E-state index in [0.717, 1.165) is 17.1 Å². The molecule has 0 unspecified atom stereocenters. The molecular weight excluding hydrogens is 360 g/mol. The molecule has 0 spiro atoms. The summed E-state index contributed by atoms with van der Waals surface area (Å²) in [6.07, 6.45) is 3.74. The van der Waals surface area contributed by atoms with Gasteiger partial charge in [-0.25, -0.2) is 4.79 Å². The van der Waals surface area contributed by atoms with Gasteiger partial charge in [0.15, 0.2) is 5.11 Å². The van der Waals surface area contributed by atoms with Crippen LogP contribution in [0.4, 0.5) is 0 Å². The Hall–Kier alpha value is -3.19. The highest BCUT2D eigenvalue weighted by Gasteiger charge is 2.39. The fourth-order valence-corrected chi connectivity index (χ4v) is 3.70. The molecule has 3 heterocycles. The van der Waals surface area contributed by atoms with Crippen LogP contribution in [0, 0.1) is 0 Å². The quantitative estimate of drug-likeness (QED) is 0.680. The molecule has 0 radical (unpaired) electrons. The number of carboxylic acids is 1. The minimum absolute atomic E-state index is 0.0402. The third-order valence-corrected chi connectivity index (χ3v) is 5.22. The zero-order chi connectivity index (χ0) is 19.0. The Morgan fingerprint density at radius 1 is 1.15 bits per heavy atom. The van der Waals surface area contributed by atoms with Gasteiger partial charge in [-0.2, -0.15) is 0 Å². The first kappa shape index (κ1) is 17.2. The van der Waals surface area contributed by atoms with Gasteiger partial charge in [0.2, 0.25) is 0 Å². The van der Waals surface area contributed by atoms with Crippen molar-refractivity contribution in [3.8, 4) is 5.69 Å². The monoisotopic (exact) mass is 378 g/mol. The van der Waals surface area contributed by atoms with Crippen LogP contribution in [0.5, 0.6) is 0 Å². The number of nitrogens with zero attached hydrogens (tertiary/aromatic N) is 3. The smallest absolute Gasteiger partial charge is 0.335 e. The minimum Gasteiger partial charge on any atom is -0.478 e. The second kappa shape index (κ2) is 6.85. The molecule has 0 amide bonds. The van der Waals surface area contributed by atoms with E-state index in [0.29, 0.717) is 5.11 Å². The Kier molecular flexibility index (Phi) is 4.37. The molecule has 1 fully saturated rings. The maximum atomic E-state index is 11.1. The lowest BCUT2D eigenvalue weighted by Crippen LogP contribution is -2.25. The molecule has 3 aromatic rings. The summed E-state index contributed by atoms with van der Waals surface area (Å²) >= 11 is 5.49. The number of pyridine rings is 1. The summed E-state index contributed by atoms with van der Waals surface area (Å²) in [7, 11) is 1.97. The maximum Gasteiger partial charge on any atom is 0.335 e. The molecular formula is C20H18N4O2S.